The number of hydrogen-bond donors (Lipinski definition) is 1. The summed E-state index contributed by atoms with van der Waals surface area (Å²) < 4.78 is 28.4. The summed E-state index contributed by atoms with van der Waals surface area (Å²) in [5.41, 5.74) is 0. The van der Waals surface area contributed by atoms with Crippen LogP contribution >= 0.6 is 0 Å². The van der Waals surface area contributed by atoms with Gasteiger partial charge in [-0.25, -0.2) is 8.42 Å². The minimum absolute atomic E-state index is 0.345. The molecular formula is C12H19N3O2S. The first-order valence-corrected chi connectivity index (χ1v) is 7.87. The molecule has 2 aliphatic rings. The van der Waals surface area contributed by atoms with Crippen molar-refractivity contribution in [3.63, 3.8) is 0 Å². The van der Waals surface area contributed by atoms with Crippen molar-refractivity contribution >= 4 is 10.0 Å². The molecule has 0 amide bonds. The fourth-order valence-electron chi connectivity index (χ4n) is 2.98. The van der Waals surface area contributed by atoms with Gasteiger partial charge in [-0.1, -0.05) is 0 Å². The number of nitrogens with one attached hydrogen (secondary N) is 1. The Labute approximate surface area is 108 Å². The van der Waals surface area contributed by atoms with Crippen LogP contribution in [0.25, 0.3) is 0 Å². The molecule has 2 aliphatic heterocycles. The average Bonchev–Trinajstić information content (AvgIpc) is 2.94. The Bertz CT molecular complexity index is 523. The fraction of sp³-hybridized carbons (Fsp3) is 0.667. The number of sulfonamides is 1. The van der Waals surface area contributed by atoms with E-state index in [1.807, 2.05) is 7.05 Å². The molecule has 0 spiro atoms. The molecule has 0 aliphatic carbocycles. The molecule has 0 bridgehead atoms. The van der Waals surface area contributed by atoms with Crippen LogP contribution in [0.15, 0.2) is 23.4 Å². The molecule has 3 rings (SSSR count). The van der Waals surface area contributed by atoms with E-state index in [-0.39, 0.29) is 0 Å². The Morgan fingerprint density at radius 2 is 2.22 bits per heavy atom. The lowest BCUT2D eigenvalue weighted by Gasteiger charge is -2.24. The molecule has 3 heterocycles. The first kappa shape index (κ1) is 12.2. The van der Waals surface area contributed by atoms with Gasteiger partial charge in [0.05, 0.1) is 4.90 Å². The van der Waals surface area contributed by atoms with E-state index in [1.165, 1.54) is 0 Å². The molecule has 1 aromatic heterocycles. The number of piperidine rings is 1. The average molecular weight is 269 g/mol. The Kier molecular flexibility index (Phi) is 2.96. The summed E-state index contributed by atoms with van der Waals surface area (Å²) >= 11 is 0. The van der Waals surface area contributed by atoms with Crippen molar-refractivity contribution in [2.24, 2.45) is 13.0 Å². The maximum absolute atomic E-state index is 12.5. The molecule has 5 nitrogen and oxygen atoms in total. The highest BCUT2D eigenvalue weighted by Crippen LogP contribution is 2.29. The third-order valence-corrected chi connectivity index (χ3v) is 5.82. The van der Waals surface area contributed by atoms with E-state index in [2.05, 4.69) is 5.32 Å². The van der Waals surface area contributed by atoms with Crippen molar-refractivity contribution in [2.45, 2.75) is 23.8 Å². The minimum atomic E-state index is -3.30. The van der Waals surface area contributed by atoms with Gasteiger partial charge in [0.25, 0.3) is 0 Å². The summed E-state index contributed by atoms with van der Waals surface area (Å²) in [5, 5.41) is 3.43. The topological polar surface area (TPSA) is 54.3 Å². The van der Waals surface area contributed by atoms with Gasteiger partial charge in [-0.15, -0.1) is 0 Å². The Hall–Kier alpha value is -0.850. The lowest BCUT2D eigenvalue weighted by Crippen LogP contribution is -2.41. The van der Waals surface area contributed by atoms with E-state index in [4.69, 9.17) is 0 Å². The highest BCUT2D eigenvalue weighted by molar-refractivity contribution is 7.89. The maximum atomic E-state index is 12.5. The van der Waals surface area contributed by atoms with Crippen LogP contribution in [-0.2, 0) is 17.1 Å². The third-order valence-electron chi connectivity index (χ3n) is 4.01. The first-order valence-electron chi connectivity index (χ1n) is 6.43. The van der Waals surface area contributed by atoms with E-state index in [0.717, 1.165) is 19.4 Å². The highest BCUT2D eigenvalue weighted by atomic mass is 32.2. The lowest BCUT2D eigenvalue weighted by molar-refractivity contribution is 0.339. The van der Waals surface area contributed by atoms with Crippen LogP contribution in [-0.4, -0.2) is 43.0 Å². The van der Waals surface area contributed by atoms with E-state index in [0.29, 0.717) is 29.9 Å². The molecular weight excluding hydrogens is 250 g/mol. The molecule has 2 fully saturated rings. The molecule has 1 N–H and O–H groups in total. The van der Waals surface area contributed by atoms with Crippen molar-refractivity contribution in [3.8, 4) is 0 Å². The summed E-state index contributed by atoms with van der Waals surface area (Å²) in [5.74, 6) is 0.484. The number of fused-ring (bicyclic) bond motifs is 1. The largest absolute Gasteiger partial charge is 0.356 e. The standard InChI is InChI=1S/C12H19N3O2S/c1-14-6-4-11(8-14)18(16,17)15-7-10-3-2-5-13-12(10)9-15/h4,6,8,10,12-13H,2-3,5,7,9H2,1H3. The van der Waals surface area contributed by atoms with Gasteiger partial charge >= 0.3 is 0 Å². The Morgan fingerprint density at radius 3 is 2.89 bits per heavy atom. The van der Waals surface area contributed by atoms with Crippen molar-refractivity contribution in [1.29, 1.82) is 0 Å². The Balaban J connectivity index is 1.83. The van der Waals surface area contributed by atoms with Crippen LogP contribution in [0.2, 0.25) is 0 Å². The smallest absolute Gasteiger partial charge is 0.244 e. The summed E-state index contributed by atoms with van der Waals surface area (Å²) in [6, 6.07) is 2.02. The quantitative estimate of drug-likeness (QED) is 0.845. The van der Waals surface area contributed by atoms with Crippen LogP contribution in [0.4, 0.5) is 0 Å². The Morgan fingerprint density at radius 1 is 1.39 bits per heavy atom. The van der Waals surface area contributed by atoms with Gasteiger partial charge in [0.1, 0.15) is 0 Å². The fourth-order valence-corrected chi connectivity index (χ4v) is 4.56. The van der Waals surface area contributed by atoms with Crippen LogP contribution in [0.5, 0.6) is 0 Å². The molecule has 2 atom stereocenters. The summed E-state index contributed by atoms with van der Waals surface area (Å²) in [7, 11) is -1.47. The van der Waals surface area contributed by atoms with Crippen LogP contribution in [0, 0.1) is 5.92 Å². The molecule has 2 unspecified atom stereocenters. The van der Waals surface area contributed by atoms with Crippen LogP contribution in [0.3, 0.4) is 0 Å². The number of rotatable bonds is 2. The third kappa shape index (κ3) is 1.98. The zero-order chi connectivity index (χ0) is 12.8. The minimum Gasteiger partial charge on any atom is -0.356 e. The lowest BCUT2D eigenvalue weighted by atomic mass is 9.94. The molecule has 100 valence electrons. The second-order valence-electron chi connectivity index (χ2n) is 5.30. The van der Waals surface area contributed by atoms with Gasteiger partial charge < -0.3 is 9.88 Å². The van der Waals surface area contributed by atoms with Gasteiger partial charge in [-0.2, -0.15) is 4.31 Å². The van der Waals surface area contributed by atoms with Gasteiger partial charge in [0.15, 0.2) is 0 Å². The second kappa shape index (κ2) is 4.36. The second-order valence-corrected chi connectivity index (χ2v) is 7.24. The summed E-state index contributed by atoms with van der Waals surface area (Å²) in [6.07, 6.45) is 5.73. The zero-order valence-electron chi connectivity index (χ0n) is 10.5. The maximum Gasteiger partial charge on any atom is 0.244 e. The molecule has 6 heteroatoms. The molecule has 18 heavy (non-hydrogen) atoms. The molecule has 0 radical (unpaired) electrons. The van der Waals surface area contributed by atoms with Gasteiger partial charge in [0, 0.05) is 38.6 Å². The van der Waals surface area contributed by atoms with Crippen LogP contribution < -0.4 is 5.32 Å². The van der Waals surface area contributed by atoms with E-state index < -0.39 is 10.0 Å². The highest BCUT2D eigenvalue weighted by Gasteiger charge is 2.40. The number of hydrogen-bond acceptors (Lipinski definition) is 3. The van der Waals surface area contributed by atoms with Gasteiger partial charge in [-0.05, 0) is 31.4 Å². The molecule has 2 saturated heterocycles. The van der Waals surface area contributed by atoms with E-state index in [1.54, 1.807) is 27.3 Å². The predicted molar refractivity (Wildman–Crippen MR) is 68.7 cm³/mol. The monoisotopic (exact) mass is 269 g/mol. The predicted octanol–water partition coefficient (Wildman–Crippen LogP) is 0.398. The number of nitrogens with zero attached hydrogens (tertiary/aromatic N) is 2. The van der Waals surface area contributed by atoms with E-state index in [9.17, 15) is 8.42 Å². The van der Waals surface area contributed by atoms with Crippen molar-refractivity contribution in [3.05, 3.63) is 18.5 Å². The normalized spacial score (nSPS) is 29.4. The van der Waals surface area contributed by atoms with E-state index >= 15 is 0 Å². The zero-order valence-corrected chi connectivity index (χ0v) is 11.4. The summed E-state index contributed by atoms with van der Waals surface area (Å²) in [6.45, 7) is 2.29. The number of aryl methyl sites for hydroxylation is 1. The molecule has 1 aromatic rings. The summed E-state index contributed by atoms with van der Waals surface area (Å²) in [4.78, 5) is 0.406. The molecule has 0 aromatic carbocycles. The van der Waals surface area contributed by atoms with Crippen molar-refractivity contribution in [2.75, 3.05) is 19.6 Å². The SMILES string of the molecule is Cn1ccc(S(=O)(=O)N2CC3CCCNC3C2)c1. The van der Waals surface area contributed by atoms with Gasteiger partial charge in [0.2, 0.25) is 10.0 Å². The first-order chi connectivity index (χ1) is 8.57. The molecule has 0 saturated carbocycles. The van der Waals surface area contributed by atoms with Crippen molar-refractivity contribution in [1.82, 2.24) is 14.2 Å². The number of aromatic nitrogens is 1. The van der Waals surface area contributed by atoms with Crippen LogP contribution in [0.1, 0.15) is 12.8 Å². The van der Waals surface area contributed by atoms with Gasteiger partial charge in [-0.3, -0.25) is 0 Å². The van der Waals surface area contributed by atoms with Crippen molar-refractivity contribution < 1.29 is 8.42 Å².